The lowest BCUT2D eigenvalue weighted by molar-refractivity contribution is -0.156. The van der Waals surface area contributed by atoms with Crippen molar-refractivity contribution >= 4 is 0 Å². The molecule has 0 saturated heterocycles. The number of hydrogen-bond donors (Lipinski definition) is 0. The fourth-order valence-electron chi connectivity index (χ4n) is 2.72. The zero-order valence-corrected chi connectivity index (χ0v) is 18.1. The number of ether oxygens (including phenoxy) is 2. The molecule has 0 unspecified atom stereocenters. The van der Waals surface area contributed by atoms with Crippen molar-refractivity contribution in [2.45, 2.75) is 37.1 Å². The molecule has 0 aliphatic heterocycles. The van der Waals surface area contributed by atoms with Gasteiger partial charge in [0.15, 0.2) is 0 Å². The van der Waals surface area contributed by atoms with E-state index in [1.807, 2.05) is 0 Å². The molecule has 224 valence electrons. The van der Waals surface area contributed by atoms with E-state index in [2.05, 4.69) is 9.47 Å². The minimum Gasteiger partial charge on any atom is -0.448 e. The molecule has 0 heterocycles. The number of alkyl halides is 18. The monoisotopic (exact) mass is 620 g/mol. The first-order chi connectivity index (χ1) is 17.6. The Morgan fingerprint density at radius 3 is 0.875 bits per heavy atom. The molecule has 40 heavy (non-hydrogen) atoms. The van der Waals surface area contributed by atoms with Crippen molar-refractivity contribution < 1.29 is 88.5 Å². The molecular weight excluding hydrogens is 614 g/mol. The summed E-state index contributed by atoms with van der Waals surface area (Å²) in [6, 6.07) is -3.29. The van der Waals surface area contributed by atoms with Crippen LogP contribution in [0, 0.1) is 0 Å². The molecule has 0 aliphatic rings. The second kappa shape index (κ2) is 10.2. The number of halogens is 18. The molecule has 0 radical (unpaired) electrons. The summed E-state index contributed by atoms with van der Waals surface area (Å²) in [7, 11) is 0. The van der Waals surface area contributed by atoms with Crippen molar-refractivity contribution in [3.05, 3.63) is 70.2 Å². The van der Waals surface area contributed by atoms with Crippen LogP contribution >= 0.6 is 0 Å². The first-order valence-corrected chi connectivity index (χ1v) is 9.44. The van der Waals surface area contributed by atoms with E-state index in [-0.39, 0.29) is 12.1 Å². The largest absolute Gasteiger partial charge is 0.453 e. The Hall–Kier alpha value is -3.48. The Morgan fingerprint density at radius 2 is 0.675 bits per heavy atom. The van der Waals surface area contributed by atoms with E-state index >= 15 is 0 Å². The predicted octanol–water partition coefficient (Wildman–Crippen LogP) is 9.56. The summed E-state index contributed by atoms with van der Waals surface area (Å²) in [5.41, 5.74) is -9.33. The maximum atomic E-state index is 13.6. The summed E-state index contributed by atoms with van der Waals surface area (Å²) in [5, 5.41) is 0. The minimum absolute atomic E-state index is 0.327. The standard InChI is InChI=1S/C20H6F18O2/c21-15(22,23)7-1-3-9(17(27,28)29)11(5-7)39-13(19(33,34)35)14(20(36,37)38)40-12-6-8(16(24,25)26)2-4-10(12)18(30,31)32/h1-6H/b14-13+. The molecule has 0 aliphatic carbocycles. The van der Waals surface area contributed by atoms with Gasteiger partial charge >= 0.3 is 37.1 Å². The third-order valence-electron chi connectivity index (χ3n) is 4.37. The van der Waals surface area contributed by atoms with Crippen LogP contribution in [0.4, 0.5) is 79.0 Å². The highest BCUT2D eigenvalue weighted by molar-refractivity contribution is 5.44. The lowest BCUT2D eigenvalue weighted by Crippen LogP contribution is -2.30. The zero-order chi connectivity index (χ0) is 31.3. The minimum atomic E-state index is -6.66. The maximum absolute atomic E-state index is 13.6. The molecule has 0 N–H and O–H groups in total. The Labute approximate surface area is 208 Å². The summed E-state index contributed by atoms with van der Waals surface area (Å²) in [6.45, 7) is 0. The average molecular weight is 620 g/mol. The summed E-state index contributed by atoms with van der Waals surface area (Å²) in [4.78, 5) is 0. The van der Waals surface area contributed by atoms with Crippen LogP contribution in [0.15, 0.2) is 47.9 Å². The lowest BCUT2D eigenvalue weighted by atomic mass is 10.1. The highest BCUT2D eigenvalue weighted by atomic mass is 19.4. The van der Waals surface area contributed by atoms with Crippen molar-refractivity contribution in [2.75, 3.05) is 0 Å². The van der Waals surface area contributed by atoms with Gasteiger partial charge in [-0.15, -0.1) is 0 Å². The number of benzene rings is 2. The molecule has 0 spiro atoms. The van der Waals surface area contributed by atoms with Crippen LogP contribution in [-0.2, 0) is 24.7 Å². The van der Waals surface area contributed by atoms with Gasteiger partial charge < -0.3 is 9.47 Å². The van der Waals surface area contributed by atoms with Gasteiger partial charge in [-0.3, -0.25) is 0 Å². The Kier molecular flexibility index (Phi) is 8.32. The average Bonchev–Trinajstić information content (AvgIpc) is 2.71. The first-order valence-electron chi connectivity index (χ1n) is 9.44. The van der Waals surface area contributed by atoms with E-state index in [1.165, 1.54) is 0 Å². The molecular formula is C20H6F18O2. The van der Waals surface area contributed by atoms with E-state index < -0.39 is 107 Å². The van der Waals surface area contributed by atoms with Crippen molar-refractivity contribution in [3.63, 3.8) is 0 Å². The summed E-state index contributed by atoms with van der Waals surface area (Å²) in [5.74, 6) is -12.6. The Morgan fingerprint density at radius 1 is 0.400 bits per heavy atom. The van der Waals surface area contributed by atoms with E-state index in [9.17, 15) is 79.0 Å². The van der Waals surface area contributed by atoms with Crippen LogP contribution < -0.4 is 9.47 Å². The van der Waals surface area contributed by atoms with Crippen molar-refractivity contribution in [1.29, 1.82) is 0 Å². The molecule has 0 aromatic heterocycles. The van der Waals surface area contributed by atoms with Gasteiger partial charge in [-0.1, -0.05) is 0 Å². The Balaban J connectivity index is 2.94. The van der Waals surface area contributed by atoms with Crippen molar-refractivity contribution in [1.82, 2.24) is 0 Å². The fourth-order valence-corrected chi connectivity index (χ4v) is 2.72. The van der Waals surface area contributed by atoms with Crippen LogP contribution in [0.5, 0.6) is 11.5 Å². The Bertz CT molecular complexity index is 1160. The van der Waals surface area contributed by atoms with Gasteiger partial charge in [-0.2, -0.15) is 79.0 Å². The summed E-state index contributed by atoms with van der Waals surface area (Å²) in [6.07, 6.45) is -36.2. The van der Waals surface area contributed by atoms with Crippen molar-refractivity contribution in [2.24, 2.45) is 0 Å². The van der Waals surface area contributed by atoms with Gasteiger partial charge in [0.2, 0.25) is 0 Å². The number of allylic oxidation sites excluding steroid dienone is 2. The highest BCUT2D eigenvalue weighted by Gasteiger charge is 2.52. The van der Waals surface area contributed by atoms with Gasteiger partial charge in [-0.25, -0.2) is 0 Å². The summed E-state index contributed by atoms with van der Waals surface area (Å²) >= 11 is 0. The van der Waals surface area contributed by atoms with Crippen LogP contribution in [0.3, 0.4) is 0 Å². The van der Waals surface area contributed by atoms with Crippen LogP contribution in [0.2, 0.25) is 0 Å². The van der Waals surface area contributed by atoms with E-state index in [1.54, 1.807) is 0 Å². The molecule has 2 aromatic rings. The van der Waals surface area contributed by atoms with Crippen molar-refractivity contribution in [3.8, 4) is 11.5 Å². The molecule has 2 rings (SSSR count). The number of rotatable bonds is 4. The number of hydrogen-bond acceptors (Lipinski definition) is 2. The van der Waals surface area contributed by atoms with E-state index in [0.29, 0.717) is 0 Å². The molecule has 0 saturated carbocycles. The van der Waals surface area contributed by atoms with E-state index in [0.717, 1.165) is 0 Å². The van der Waals surface area contributed by atoms with Crippen LogP contribution in [-0.4, -0.2) is 12.4 Å². The molecule has 20 heteroatoms. The predicted molar refractivity (Wildman–Crippen MR) is 93.3 cm³/mol. The molecule has 0 amide bonds. The lowest BCUT2D eigenvalue weighted by Gasteiger charge is -2.23. The quantitative estimate of drug-likeness (QED) is 0.251. The molecule has 0 bridgehead atoms. The topological polar surface area (TPSA) is 18.5 Å². The molecule has 0 fully saturated rings. The van der Waals surface area contributed by atoms with E-state index in [4.69, 9.17) is 0 Å². The third kappa shape index (κ3) is 7.80. The summed E-state index contributed by atoms with van der Waals surface area (Å²) < 4.78 is 245. The molecule has 2 aromatic carbocycles. The first kappa shape index (κ1) is 32.7. The maximum Gasteiger partial charge on any atom is 0.453 e. The second-order valence-corrected chi connectivity index (χ2v) is 7.27. The third-order valence-corrected chi connectivity index (χ3v) is 4.37. The second-order valence-electron chi connectivity index (χ2n) is 7.27. The molecule has 2 nitrogen and oxygen atoms in total. The van der Waals surface area contributed by atoms with Gasteiger partial charge in [0, 0.05) is 0 Å². The van der Waals surface area contributed by atoms with Gasteiger partial charge in [0.25, 0.3) is 11.5 Å². The van der Waals surface area contributed by atoms with Gasteiger partial charge in [0.1, 0.15) is 11.5 Å². The van der Waals surface area contributed by atoms with Gasteiger partial charge in [-0.05, 0) is 36.4 Å². The van der Waals surface area contributed by atoms with Crippen LogP contribution in [0.1, 0.15) is 22.3 Å². The smallest absolute Gasteiger partial charge is 0.448 e. The zero-order valence-electron chi connectivity index (χ0n) is 18.1. The normalized spacial score (nSPS) is 14.7. The van der Waals surface area contributed by atoms with Gasteiger partial charge in [0.05, 0.1) is 22.3 Å². The highest BCUT2D eigenvalue weighted by Crippen LogP contribution is 2.46. The molecule has 0 atom stereocenters. The fraction of sp³-hybridized carbons (Fsp3) is 0.300. The van der Waals surface area contributed by atoms with Crippen LogP contribution in [0.25, 0.3) is 0 Å². The SMILES string of the molecule is FC(F)(F)/C(Oc1cc(C(F)(F)F)ccc1C(F)(F)F)=C(\Oc1cc(C(F)(F)F)ccc1C(F)(F)F)C(F)(F)F.